The Morgan fingerprint density at radius 3 is 2.42 bits per heavy atom. The SMILES string of the molecule is O=C(O)OC(Cc1nncnn1)N1C(=O)CCC1=O. The summed E-state index contributed by atoms with van der Waals surface area (Å²) < 4.78 is 4.54. The topological polar surface area (TPSA) is 135 Å². The first-order chi connectivity index (χ1) is 9.08. The van der Waals surface area contributed by atoms with Crippen molar-refractivity contribution >= 4 is 18.0 Å². The maximum Gasteiger partial charge on any atom is 0.507 e. The van der Waals surface area contributed by atoms with E-state index in [0.29, 0.717) is 0 Å². The van der Waals surface area contributed by atoms with Crippen LogP contribution in [0, 0.1) is 0 Å². The lowest BCUT2D eigenvalue weighted by Crippen LogP contribution is -2.43. The highest BCUT2D eigenvalue weighted by Gasteiger charge is 2.37. The number of carbonyl (C=O) groups is 3. The van der Waals surface area contributed by atoms with Crippen LogP contribution in [0.15, 0.2) is 6.33 Å². The minimum absolute atomic E-state index is 0.0322. The highest BCUT2D eigenvalue weighted by atomic mass is 16.7. The third-order valence-electron chi connectivity index (χ3n) is 2.42. The van der Waals surface area contributed by atoms with E-state index in [-0.39, 0.29) is 25.1 Å². The summed E-state index contributed by atoms with van der Waals surface area (Å²) in [4.78, 5) is 34.5. The smallest absolute Gasteiger partial charge is 0.450 e. The molecule has 0 spiro atoms. The van der Waals surface area contributed by atoms with Crippen LogP contribution in [0.1, 0.15) is 18.7 Å². The highest BCUT2D eigenvalue weighted by Crippen LogP contribution is 2.18. The molecule has 10 nitrogen and oxygen atoms in total. The molecule has 100 valence electrons. The average molecular weight is 267 g/mol. The lowest BCUT2D eigenvalue weighted by molar-refractivity contribution is -0.150. The zero-order valence-electron chi connectivity index (χ0n) is 9.59. The summed E-state index contributed by atoms with van der Waals surface area (Å²) in [6.07, 6.45) is -1.93. The number of carbonyl (C=O) groups excluding carboxylic acids is 2. The number of amides is 2. The zero-order chi connectivity index (χ0) is 13.8. The van der Waals surface area contributed by atoms with Gasteiger partial charge >= 0.3 is 6.16 Å². The molecule has 0 aromatic carbocycles. The van der Waals surface area contributed by atoms with E-state index in [9.17, 15) is 14.4 Å². The van der Waals surface area contributed by atoms with Crippen LogP contribution < -0.4 is 0 Å². The Labute approximate surface area is 106 Å². The second-order valence-electron chi connectivity index (χ2n) is 3.66. The fourth-order valence-corrected chi connectivity index (χ4v) is 1.68. The molecule has 0 bridgehead atoms. The van der Waals surface area contributed by atoms with Gasteiger partial charge in [-0.15, -0.1) is 20.4 Å². The molecule has 10 heteroatoms. The minimum Gasteiger partial charge on any atom is -0.450 e. The molecule has 0 aliphatic carbocycles. The molecule has 0 radical (unpaired) electrons. The Hall–Kier alpha value is -2.65. The normalized spacial score (nSPS) is 16.5. The molecule has 1 N–H and O–H groups in total. The van der Waals surface area contributed by atoms with Crippen molar-refractivity contribution in [2.45, 2.75) is 25.5 Å². The summed E-state index contributed by atoms with van der Waals surface area (Å²) in [5.74, 6) is -0.914. The van der Waals surface area contributed by atoms with Crippen LogP contribution in [0.25, 0.3) is 0 Å². The molecule has 1 aliphatic heterocycles. The molecule has 1 aromatic heterocycles. The summed E-state index contributed by atoms with van der Waals surface area (Å²) in [7, 11) is 0. The fourth-order valence-electron chi connectivity index (χ4n) is 1.68. The van der Waals surface area contributed by atoms with E-state index in [4.69, 9.17) is 5.11 Å². The van der Waals surface area contributed by atoms with E-state index in [1.165, 1.54) is 0 Å². The van der Waals surface area contributed by atoms with E-state index in [1.807, 2.05) is 0 Å². The number of imide groups is 1. The van der Waals surface area contributed by atoms with Crippen LogP contribution in [0.5, 0.6) is 0 Å². The Kier molecular flexibility index (Phi) is 3.59. The van der Waals surface area contributed by atoms with Crippen LogP contribution in [0.3, 0.4) is 0 Å². The van der Waals surface area contributed by atoms with Gasteiger partial charge in [0.1, 0.15) is 0 Å². The van der Waals surface area contributed by atoms with Crippen molar-refractivity contribution in [1.82, 2.24) is 25.3 Å². The lowest BCUT2D eigenvalue weighted by atomic mass is 10.3. The van der Waals surface area contributed by atoms with E-state index < -0.39 is 24.2 Å². The lowest BCUT2D eigenvalue weighted by Gasteiger charge is -2.23. The number of rotatable bonds is 4. The molecule has 1 fully saturated rings. The van der Waals surface area contributed by atoms with Crippen molar-refractivity contribution in [3.05, 3.63) is 12.2 Å². The number of likely N-dealkylation sites (tertiary alicyclic amines) is 1. The third-order valence-corrected chi connectivity index (χ3v) is 2.42. The first-order valence-electron chi connectivity index (χ1n) is 5.31. The number of ether oxygens (including phenoxy) is 1. The summed E-state index contributed by atoms with van der Waals surface area (Å²) in [5, 5.41) is 22.8. The predicted octanol–water partition coefficient (Wildman–Crippen LogP) is -1.02. The molecule has 1 atom stereocenters. The molecule has 2 heterocycles. The van der Waals surface area contributed by atoms with Crippen molar-refractivity contribution < 1.29 is 24.2 Å². The largest absolute Gasteiger partial charge is 0.507 e. The van der Waals surface area contributed by atoms with Crippen LogP contribution in [0.4, 0.5) is 4.79 Å². The molecule has 1 saturated heterocycles. The van der Waals surface area contributed by atoms with Crippen molar-refractivity contribution in [3.63, 3.8) is 0 Å². The average Bonchev–Trinajstić information content (AvgIpc) is 2.69. The Bertz CT molecular complexity index is 491. The Morgan fingerprint density at radius 2 is 1.89 bits per heavy atom. The number of aromatic nitrogens is 4. The van der Waals surface area contributed by atoms with Crippen LogP contribution >= 0.6 is 0 Å². The van der Waals surface area contributed by atoms with Gasteiger partial charge in [-0.05, 0) is 0 Å². The number of nitrogens with zero attached hydrogens (tertiary/aromatic N) is 5. The van der Waals surface area contributed by atoms with Gasteiger partial charge in [-0.1, -0.05) is 0 Å². The van der Waals surface area contributed by atoms with Gasteiger partial charge in [-0.25, -0.2) is 9.69 Å². The second kappa shape index (κ2) is 5.33. The fraction of sp³-hybridized carbons (Fsp3) is 0.444. The second-order valence-corrected chi connectivity index (χ2v) is 3.66. The number of carboxylic acid groups (broad SMARTS) is 1. The van der Waals surface area contributed by atoms with Gasteiger partial charge < -0.3 is 9.84 Å². The molecule has 1 aromatic rings. The number of hydrogen-bond donors (Lipinski definition) is 1. The first-order valence-corrected chi connectivity index (χ1v) is 5.31. The first kappa shape index (κ1) is 12.8. The maximum absolute atomic E-state index is 11.6. The molecule has 2 rings (SSSR count). The monoisotopic (exact) mass is 267 g/mol. The van der Waals surface area contributed by atoms with Gasteiger partial charge in [-0.3, -0.25) is 9.59 Å². The molecule has 19 heavy (non-hydrogen) atoms. The zero-order valence-corrected chi connectivity index (χ0v) is 9.59. The summed E-state index contributed by atoms with van der Waals surface area (Å²) in [5.41, 5.74) is 0. The molecule has 0 saturated carbocycles. The summed E-state index contributed by atoms with van der Waals surface area (Å²) in [6, 6.07) is 0. The van der Waals surface area contributed by atoms with Gasteiger partial charge in [0.25, 0.3) is 0 Å². The minimum atomic E-state index is -1.60. The van der Waals surface area contributed by atoms with Gasteiger partial charge in [0.15, 0.2) is 18.4 Å². The highest BCUT2D eigenvalue weighted by molar-refractivity contribution is 6.02. The van der Waals surface area contributed by atoms with Crippen molar-refractivity contribution in [3.8, 4) is 0 Å². The van der Waals surface area contributed by atoms with Crippen molar-refractivity contribution in [2.75, 3.05) is 0 Å². The number of hydrogen-bond acceptors (Lipinski definition) is 8. The third kappa shape index (κ3) is 2.97. The van der Waals surface area contributed by atoms with E-state index in [0.717, 1.165) is 11.2 Å². The summed E-state index contributed by atoms with van der Waals surface area (Å²) >= 11 is 0. The molecular formula is C9H9N5O5. The molecule has 2 amide bonds. The quantitative estimate of drug-likeness (QED) is 0.536. The van der Waals surface area contributed by atoms with Gasteiger partial charge in [0.05, 0.1) is 6.42 Å². The predicted molar refractivity (Wildman–Crippen MR) is 55.3 cm³/mol. The Morgan fingerprint density at radius 1 is 1.32 bits per heavy atom. The summed E-state index contributed by atoms with van der Waals surface area (Å²) in [6.45, 7) is 0. The van der Waals surface area contributed by atoms with Crippen molar-refractivity contribution in [1.29, 1.82) is 0 Å². The van der Waals surface area contributed by atoms with Crippen LogP contribution in [-0.4, -0.2) is 54.6 Å². The van der Waals surface area contributed by atoms with Gasteiger partial charge in [-0.2, -0.15) is 0 Å². The molecular weight excluding hydrogens is 258 g/mol. The Balaban J connectivity index is 2.18. The molecule has 1 aliphatic rings. The van der Waals surface area contributed by atoms with Gasteiger partial charge in [0, 0.05) is 12.8 Å². The van der Waals surface area contributed by atoms with E-state index in [1.54, 1.807) is 0 Å². The van der Waals surface area contributed by atoms with Crippen molar-refractivity contribution in [2.24, 2.45) is 0 Å². The van der Waals surface area contributed by atoms with E-state index in [2.05, 4.69) is 25.1 Å². The molecule has 1 unspecified atom stereocenters. The van der Waals surface area contributed by atoms with Gasteiger partial charge in [0.2, 0.25) is 11.8 Å². The van der Waals surface area contributed by atoms with E-state index >= 15 is 0 Å². The van der Waals surface area contributed by atoms with Crippen LogP contribution in [-0.2, 0) is 20.7 Å². The standard InChI is InChI=1S/C9H9N5O5/c15-6-1-2-7(16)14(6)8(19-9(17)18)3-5-12-10-4-11-13-5/h4,8H,1-3H2,(H,17,18). The van der Waals surface area contributed by atoms with Crippen LogP contribution in [0.2, 0.25) is 0 Å². The maximum atomic E-state index is 11.6.